The summed E-state index contributed by atoms with van der Waals surface area (Å²) >= 11 is 0. The van der Waals surface area contributed by atoms with Crippen molar-refractivity contribution in [1.29, 1.82) is 0 Å². The number of hydrogen-bond acceptors (Lipinski definition) is 4. The van der Waals surface area contributed by atoms with E-state index in [4.69, 9.17) is 5.73 Å². The fourth-order valence-corrected chi connectivity index (χ4v) is 1.92. The molecule has 0 saturated carbocycles. The summed E-state index contributed by atoms with van der Waals surface area (Å²) in [7, 11) is 1.43. The van der Waals surface area contributed by atoms with Gasteiger partial charge < -0.3 is 11.1 Å². The van der Waals surface area contributed by atoms with Gasteiger partial charge in [-0.25, -0.2) is 0 Å². The molecule has 102 valence electrons. The number of nitrogens with one attached hydrogen (secondary N) is 1. The number of amides is 3. The summed E-state index contributed by atoms with van der Waals surface area (Å²) in [6.45, 7) is 3.67. The lowest BCUT2D eigenvalue weighted by molar-refractivity contribution is -0.149. The van der Waals surface area contributed by atoms with Crippen LogP contribution in [0.15, 0.2) is 0 Å². The lowest BCUT2D eigenvalue weighted by Crippen LogP contribution is -2.60. The molecule has 1 saturated heterocycles. The van der Waals surface area contributed by atoms with Crippen molar-refractivity contribution >= 4 is 17.7 Å². The summed E-state index contributed by atoms with van der Waals surface area (Å²) in [5.74, 6) is -0.904. The fourth-order valence-electron chi connectivity index (χ4n) is 1.92. The normalized spacial score (nSPS) is 21.1. The van der Waals surface area contributed by atoms with Gasteiger partial charge in [0, 0.05) is 13.5 Å². The van der Waals surface area contributed by atoms with Crippen LogP contribution in [-0.4, -0.2) is 41.2 Å². The quantitative estimate of drug-likeness (QED) is 0.678. The smallest absolute Gasteiger partial charge is 0.251 e. The number of carbonyl (C=O) groups excluding carboxylic acids is 3. The van der Waals surface area contributed by atoms with Crippen LogP contribution in [0.25, 0.3) is 0 Å². The van der Waals surface area contributed by atoms with Crippen LogP contribution < -0.4 is 11.1 Å². The van der Waals surface area contributed by atoms with E-state index >= 15 is 0 Å². The van der Waals surface area contributed by atoms with Crippen molar-refractivity contribution in [3.63, 3.8) is 0 Å². The van der Waals surface area contributed by atoms with Crippen LogP contribution in [0, 0.1) is 0 Å². The number of rotatable bonds is 4. The molecule has 6 nitrogen and oxygen atoms in total. The third kappa shape index (κ3) is 2.69. The largest absolute Gasteiger partial charge is 0.343 e. The van der Waals surface area contributed by atoms with Crippen molar-refractivity contribution in [2.45, 2.75) is 51.1 Å². The highest BCUT2D eigenvalue weighted by molar-refractivity contribution is 6.02. The number of piperidine rings is 1. The Morgan fingerprint density at radius 1 is 1.44 bits per heavy atom. The van der Waals surface area contributed by atoms with Gasteiger partial charge in [0.25, 0.3) is 5.91 Å². The Hall–Kier alpha value is -1.43. The van der Waals surface area contributed by atoms with E-state index in [0.717, 1.165) is 4.90 Å². The molecule has 3 N–H and O–H groups in total. The molecule has 1 unspecified atom stereocenters. The average Bonchev–Trinajstić information content (AvgIpc) is 2.38. The molecular formula is C12H21N3O3. The first-order chi connectivity index (χ1) is 8.35. The zero-order chi connectivity index (χ0) is 13.9. The lowest BCUT2D eigenvalue weighted by atomic mass is 9.92. The summed E-state index contributed by atoms with van der Waals surface area (Å²) in [4.78, 5) is 36.2. The van der Waals surface area contributed by atoms with Gasteiger partial charge in [-0.3, -0.25) is 19.3 Å². The molecule has 1 fully saturated rings. The van der Waals surface area contributed by atoms with Crippen LogP contribution in [0.5, 0.6) is 0 Å². The topological polar surface area (TPSA) is 92.5 Å². The molecule has 0 aliphatic carbocycles. The monoisotopic (exact) mass is 255 g/mol. The predicted octanol–water partition coefficient (Wildman–Crippen LogP) is -0.232. The number of nitrogens with zero attached hydrogens (tertiary/aromatic N) is 1. The number of hydrogen-bond donors (Lipinski definition) is 2. The van der Waals surface area contributed by atoms with E-state index < -0.39 is 11.6 Å². The first kappa shape index (κ1) is 14.6. The van der Waals surface area contributed by atoms with E-state index in [1.165, 1.54) is 7.05 Å². The maximum Gasteiger partial charge on any atom is 0.251 e. The average molecular weight is 255 g/mol. The molecule has 1 atom stereocenters. The van der Waals surface area contributed by atoms with Crippen molar-refractivity contribution < 1.29 is 14.4 Å². The number of carbonyl (C=O) groups is 3. The second kappa shape index (κ2) is 5.48. The van der Waals surface area contributed by atoms with Gasteiger partial charge in [-0.2, -0.15) is 0 Å². The standard InChI is InChI=1S/C12H21N3O3/c1-4-12(13,5-2)11(18)14-8-6-7-9(16)15(3)10(8)17/h8H,4-7,13H2,1-3H3,(H,14,18). The van der Waals surface area contributed by atoms with Crippen molar-refractivity contribution in [1.82, 2.24) is 10.2 Å². The number of imide groups is 1. The Bertz CT molecular complexity index is 364. The van der Waals surface area contributed by atoms with Gasteiger partial charge in [0.15, 0.2) is 0 Å². The number of likely N-dealkylation sites (tertiary alicyclic amines) is 1. The van der Waals surface area contributed by atoms with Crippen LogP contribution >= 0.6 is 0 Å². The number of nitrogens with two attached hydrogens (primary N) is 1. The minimum atomic E-state index is -0.944. The van der Waals surface area contributed by atoms with E-state index in [1.54, 1.807) is 0 Å². The first-order valence-electron chi connectivity index (χ1n) is 6.26. The maximum absolute atomic E-state index is 12.0. The summed E-state index contributed by atoms with van der Waals surface area (Å²) in [6.07, 6.45) is 1.62. The Labute approximate surface area is 107 Å². The van der Waals surface area contributed by atoms with Crippen LogP contribution in [0.3, 0.4) is 0 Å². The Morgan fingerprint density at radius 3 is 2.50 bits per heavy atom. The van der Waals surface area contributed by atoms with Gasteiger partial charge in [0.1, 0.15) is 6.04 Å². The zero-order valence-electron chi connectivity index (χ0n) is 11.2. The molecule has 6 heteroatoms. The van der Waals surface area contributed by atoms with Gasteiger partial charge in [-0.1, -0.05) is 13.8 Å². The Kier molecular flexibility index (Phi) is 4.45. The minimum Gasteiger partial charge on any atom is -0.343 e. The highest BCUT2D eigenvalue weighted by Crippen LogP contribution is 2.15. The van der Waals surface area contributed by atoms with E-state index in [9.17, 15) is 14.4 Å². The first-order valence-corrected chi connectivity index (χ1v) is 6.26. The predicted molar refractivity (Wildman–Crippen MR) is 66.4 cm³/mol. The molecule has 1 aliphatic rings. The van der Waals surface area contributed by atoms with E-state index in [1.807, 2.05) is 13.8 Å². The van der Waals surface area contributed by atoms with Gasteiger partial charge in [0.2, 0.25) is 11.8 Å². The summed E-state index contributed by atoms with van der Waals surface area (Å²) < 4.78 is 0. The number of likely N-dealkylation sites (N-methyl/N-ethyl adjacent to an activating group) is 1. The van der Waals surface area contributed by atoms with Crippen molar-refractivity contribution in [2.75, 3.05) is 7.05 Å². The van der Waals surface area contributed by atoms with E-state index in [-0.39, 0.29) is 24.1 Å². The van der Waals surface area contributed by atoms with Gasteiger partial charge in [-0.15, -0.1) is 0 Å². The SMILES string of the molecule is CCC(N)(CC)C(=O)NC1CCC(=O)N(C)C1=O. The van der Waals surface area contributed by atoms with E-state index in [0.29, 0.717) is 19.3 Å². The zero-order valence-corrected chi connectivity index (χ0v) is 11.2. The molecule has 0 radical (unpaired) electrons. The van der Waals surface area contributed by atoms with Gasteiger partial charge >= 0.3 is 0 Å². The van der Waals surface area contributed by atoms with Crippen molar-refractivity contribution in [3.05, 3.63) is 0 Å². The van der Waals surface area contributed by atoms with Crippen LogP contribution in [-0.2, 0) is 14.4 Å². The summed E-state index contributed by atoms with van der Waals surface area (Å²) in [6, 6.07) is -0.638. The second-order valence-electron chi connectivity index (χ2n) is 4.72. The van der Waals surface area contributed by atoms with Crippen LogP contribution in [0.2, 0.25) is 0 Å². The Balaban J connectivity index is 2.71. The minimum absolute atomic E-state index is 0.213. The molecule has 3 amide bonds. The molecule has 1 rings (SSSR count). The Morgan fingerprint density at radius 2 is 2.00 bits per heavy atom. The maximum atomic E-state index is 12.0. The lowest BCUT2D eigenvalue weighted by Gasteiger charge is -2.32. The third-order valence-corrected chi connectivity index (χ3v) is 3.67. The highest BCUT2D eigenvalue weighted by Gasteiger charge is 2.37. The van der Waals surface area contributed by atoms with Crippen LogP contribution in [0.1, 0.15) is 39.5 Å². The molecule has 1 aliphatic heterocycles. The molecule has 0 spiro atoms. The van der Waals surface area contributed by atoms with Crippen molar-refractivity contribution in [3.8, 4) is 0 Å². The summed E-state index contributed by atoms with van der Waals surface area (Å²) in [5.41, 5.74) is 5.02. The molecule has 0 aromatic heterocycles. The molecular weight excluding hydrogens is 234 g/mol. The van der Waals surface area contributed by atoms with Gasteiger partial charge in [0.05, 0.1) is 5.54 Å². The fraction of sp³-hybridized carbons (Fsp3) is 0.750. The van der Waals surface area contributed by atoms with Crippen molar-refractivity contribution in [2.24, 2.45) is 5.73 Å². The van der Waals surface area contributed by atoms with Crippen LogP contribution in [0.4, 0.5) is 0 Å². The molecule has 0 aromatic carbocycles. The summed E-state index contributed by atoms with van der Waals surface area (Å²) in [5, 5.41) is 2.65. The second-order valence-corrected chi connectivity index (χ2v) is 4.72. The molecule has 18 heavy (non-hydrogen) atoms. The van der Waals surface area contributed by atoms with Gasteiger partial charge in [-0.05, 0) is 19.3 Å². The highest BCUT2D eigenvalue weighted by atomic mass is 16.2. The third-order valence-electron chi connectivity index (χ3n) is 3.67. The van der Waals surface area contributed by atoms with E-state index in [2.05, 4.69) is 5.32 Å². The molecule has 0 aromatic rings. The molecule has 0 bridgehead atoms. The molecule has 1 heterocycles.